The van der Waals surface area contributed by atoms with Gasteiger partial charge in [0.05, 0.1) is 33.4 Å². The van der Waals surface area contributed by atoms with Crippen LogP contribution in [0.15, 0.2) is 48.8 Å². The third-order valence-corrected chi connectivity index (χ3v) is 13.2. The first-order valence-electron chi connectivity index (χ1n) is 20.2. The molecular weight excluding hydrogens is 762 g/mol. The van der Waals surface area contributed by atoms with Crippen LogP contribution in [-0.2, 0) is 9.59 Å². The van der Waals surface area contributed by atoms with Crippen LogP contribution in [0.2, 0.25) is 5.02 Å². The molecule has 1 aromatic heterocycles. The molecule has 3 aromatic rings. The molecule has 0 radical (unpaired) electrons. The van der Waals surface area contributed by atoms with Gasteiger partial charge in [-0.3, -0.25) is 39.1 Å². The molecule has 15 nitrogen and oxygen atoms in total. The van der Waals surface area contributed by atoms with E-state index >= 15 is 0 Å². The number of carbonyl (C=O) groups is 5. The summed E-state index contributed by atoms with van der Waals surface area (Å²) in [6, 6.07) is 12.1. The van der Waals surface area contributed by atoms with Crippen LogP contribution in [0.25, 0.3) is 0 Å². The van der Waals surface area contributed by atoms with Crippen molar-refractivity contribution in [3.63, 3.8) is 0 Å². The first-order chi connectivity index (χ1) is 28.1. The highest BCUT2D eigenvalue weighted by atomic mass is 35.5. The molecule has 300 valence electrons. The van der Waals surface area contributed by atoms with Gasteiger partial charge in [-0.2, -0.15) is 5.26 Å². The number of hydrogen-bond acceptors (Lipinski definition) is 12. The summed E-state index contributed by atoms with van der Waals surface area (Å²) >= 11 is 6.15. The minimum atomic E-state index is -0.973. The van der Waals surface area contributed by atoms with Gasteiger partial charge in [0.2, 0.25) is 17.8 Å². The predicted molar refractivity (Wildman–Crippen MR) is 211 cm³/mol. The van der Waals surface area contributed by atoms with E-state index in [2.05, 4.69) is 41.4 Å². The standard InChI is InChI=1S/C42H44ClN9O6/c43-35-18-32(5-1-24(35)19-44)58-31-6-2-28(3-7-31)47-38(54)27-20-45-42(46-21-27)50-13-11-49(12-14-50)30-15-25-22-51(23-26(25)16-30)29-4-8-33-34(17-29)41(57)52(40(33)56)36-9-10-37(53)48-39(36)55/h1,4-5,8,17-18,20-21,25-26,28,30-31,36H,2-3,6-7,9-16,22-23H2,(H,47,54)(H,48,53,55)/t25-,26+,28?,30+,31?,36?. The Morgan fingerprint density at radius 3 is 2.24 bits per heavy atom. The van der Waals surface area contributed by atoms with E-state index in [1.807, 2.05) is 6.07 Å². The monoisotopic (exact) mass is 805 g/mol. The highest BCUT2D eigenvalue weighted by Gasteiger charge is 2.46. The molecule has 2 aliphatic carbocycles. The maximum absolute atomic E-state index is 13.4. The zero-order valence-corrected chi connectivity index (χ0v) is 32.7. The largest absolute Gasteiger partial charge is 0.490 e. The molecular formula is C42H44ClN9O6. The van der Waals surface area contributed by atoms with Crippen LogP contribution >= 0.6 is 11.6 Å². The summed E-state index contributed by atoms with van der Waals surface area (Å²) in [5.74, 6) is 0.198. The number of piperidine rings is 1. The van der Waals surface area contributed by atoms with Crippen LogP contribution in [0.4, 0.5) is 11.6 Å². The van der Waals surface area contributed by atoms with Crippen LogP contribution in [0, 0.1) is 23.2 Å². The summed E-state index contributed by atoms with van der Waals surface area (Å²) < 4.78 is 6.09. The third kappa shape index (κ3) is 7.35. The SMILES string of the molecule is N#Cc1ccc(OC2CCC(NC(=O)c3cnc(N4CCN([C@H]5C[C@@H]6CN(c7ccc8c(c7)C(=O)N(C7CCC(=O)NC7=O)C8=O)C[C@@H]6C5)CC4)nc3)CC2)cc1Cl. The Hall–Kier alpha value is -5.59. The summed E-state index contributed by atoms with van der Waals surface area (Å²) in [5.41, 5.74) is 2.38. The van der Waals surface area contributed by atoms with Crippen molar-refractivity contribution in [2.24, 2.45) is 11.8 Å². The van der Waals surface area contributed by atoms with E-state index in [1.165, 1.54) is 0 Å². The third-order valence-electron chi connectivity index (χ3n) is 12.9. The lowest BCUT2D eigenvalue weighted by molar-refractivity contribution is -0.136. The highest BCUT2D eigenvalue weighted by Crippen LogP contribution is 2.43. The van der Waals surface area contributed by atoms with Crippen LogP contribution in [0.1, 0.15) is 88.0 Å². The average Bonchev–Trinajstić information content (AvgIpc) is 3.89. The molecule has 16 heteroatoms. The second kappa shape index (κ2) is 15.6. The summed E-state index contributed by atoms with van der Waals surface area (Å²) in [5, 5.41) is 14.8. The Morgan fingerprint density at radius 2 is 1.57 bits per heavy atom. The van der Waals surface area contributed by atoms with Gasteiger partial charge in [-0.05, 0) is 87.1 Å². The van der Waals surface area contributed by atoms with E-state index in [0.717, 1.165) is 88.4 Å². The van der Waals surface area contributed by atoms with Gasteiger partial charge >= 0.3 is 0 Å². The van der Waals surface area contributed by atoms with Crippen molar-refractivity contribution >= 4 is 52.8 Å². The molecule has 2 N–H and O–H groups in total. The number of fused-ring (bicyclic) bond motifs is 2. The molecule has 5 amide bonds. The van der Waals surface area contributed by atoms with Crippen molar-refractivity contribution in [1.29, 1.82) is 5.26 Å². The van der Waals surface area contributed by atoms with Gasteiger partial charge < -0.3 is 19.9 Å². The van der Waals surface area contributed by atoms with Crippen molar-refractivity contribution in [3.8, 4) is 11.8 Å². The fourth-order valence-electron chi connectivity index (χ4n) is 9.77. The summed E-state index contributed by atoms with van der Waals surface area (Å²) in [6.45, 7) is 5.21. The number of nitrogens with zero attached hydrogens (tertiary/aromatic N) is 7. The van der Waals surface area contributed by atoms with Gasteiger partial charge in [0.25, 0.3) is 17.7 Å². The molecule has 58 heavy (non-hydrogen) atoms. The van der Waals surface area contributed by atoms with E-state index in [9.17, 15) is 24.0 Å². The molecule has 9 rings (SSSR count). The number of piperazine rings is 1. The number of nitriles is 1. The van der Waals surface area contributed by atoms with Crippen LogP contribution in [0.5, 0.6) is 5.75 Å². The second-order valence-electron chi connectivity index (χ2n) is 16.3. The zero-order chi connectivity index (χ0) is 40.1. The molecule has 1 unspecified atom stereocenters. The first-order valence-corrected chi connectivity index (χ1v) is 20.6. The van der Waals surface area contributed by atoms with Gasteiger partial charge in [-0.25, -0.2) is 9.97 Å². The lowest BCUT2D eigenvalue weighted by Gasteiger charge is -2.38. The topological polar surface area (TPSA) is 181 Å². The van der Waals surface area contributed by atoms with Gasteiger partial charge in [-0.1, -0.05) is 11.6 Å². The number of halogens is 1. The molecule has 6 aliphatic rings. The van der Waals surface area contributed by atoms with Crippen molar-refractivity contribution in [2.45, 2.75) is 75.6 Å². The molecule has 2 aromatic carbocycles. The number of rotatable bonds is 8. The van der Waals surface area contributed by atoms with Crippen LogP contribution in [0.3, 0.4) is 0 Å². The van der Waals surface area contributed by atoms with E-state index in [1.54, 1.807) is 42.7 Å². The molecule has 4 atom stereocenters. The Balaban J connectivity index is 0.717. The smallest absolute Gasteiger partial charge is 0.262 e. The summed E-state index contributed by atoms with van der Waals surface area (Å²) in [4.78, 5) is 80.9. The first kappa shape index (κ1) is 38.0. The van der Waals surface area contributed by atoms with E-state index in [-0.39, 0.29) is 30.9 Å². The minimum Gasteiger partial charge on any atom is -0.490 e. The number of hydrogen-bond donors (Lipinski definition) is 2. The maximum Gasteiger partial charge on any atom is 0.262 e. The number of carbonyl (C=O) groups excluding carboxylic acids is 5. The number of aromatic nitrogens is 2. The zero-order valence-electron chi connectivity index (χ0n) is 31.9. The number of ether oxygens (including phenoxy) is 1. The van der Waals surface area contributed by atoms with E-state index < -0.39 is 29.7 Å². The lowest BCUT2D eigenvalue weighted by Crippen LogP contribution is -2.54. The predicted octanol–water partition coefficient (Wildman–Crippen LogP) is 3.56. The normalized spacial score (nSPS) is 27.3. The van der Waals surface area contributed by atoms with Crippen molar-refractivity contribution < 1.29 is 28.7 Å². The summed E-state index contributed by atoms with van der Waals surface area (Å²) in [6.07, 6.45) is 8.85. The Labute approximate surface area is 340 Å². The second-order valence-corrected chi connectivity index (χ2v) is 16.7. The Kier molecular flexibility index (Phi) is 10.2. The van der Waals surface area contributed by atoms with Gasteiger partial charge in [-0.15, -0.1) is 0 Å². The molecule has 4 aliphatic heterocycles. The number of nitrogens with one attached hydrogen (secondary N) is 2. The number of benzene rings is 2. The van der Waals surface area contributed by atoms with Gasteiger partial charge in [0, 0.05) is 81.9 Å². The van der Waals surface area contributed by atoms with Gasteiger partial charge in [0.1, 0.15) is 17.9 Å². The van der Waals surface area contributed by atoms with Crippen molar-refractivity contribution in [1.82, 2.24) is 30.4 Å². The van der Waals surface area contributed by atoms with Crippen LogP contribution < -0.4 is 25.2 Å². The van der Waals surface area contributed by atoms with Gasteiger partial charge in [0.15, 0.2) is 0 Å². The maximum atomic E-state index is 13.4. The van der Waals surface area contributed by atoms with Crippen molar-refractivity contribution in [3.05, 3.63) is 76.1 Å². The Morgan fingerprint density at radius 1 is 0.862 bits per heavy atom. The highest BCUT2D eigenvalue weighted by molar-refractivity contribution is 6.31. The Bertz CT molecular complexity index is 2180. The fraction of sp³-hybridized carbons (Fsp3) is 0.476. The molecule has 0 spiro atoms. The molecule has 0 bridgehead atoms. The van der Waals surface area contributed by atoms with Crippen LogP contribution in [-0.4, -0.2) is 113 Å². The summed E-state index contributed by atoms with van der Waals surface area (Å²) in [7, 11) is 0. The quantitative estimate of drug-likeness (QED) is 0.317. The fourth-order valence-corrected chi connectivity index (χ4v) is 9.98. The minimum absolute atomic E-state index is 0.0214. The molecule has 5 heterocycles. The average molecular weight is 806 g/mol. The molecule has 3 saturated heterocycles. The molecule has 2 saturated carbocycles. The number of imide groups is 2. The molecule has 5 fully saturated rings. The number of anilines is 2. The van der Waals surface area contributed by atoms with E-state index in [0.29, 0.717) is 56.9 Å². The number of amides is 5. The lowest BCUT2D eigenvalue weighted by atomic mass is 9.92. The van der Waals surface area contributed by atoms with E-state index in [4.69, 9.17) is 21.6 Å². The van der Waals surface area contributed by atoms with Crippen molar-refractivity contribution in [2.75, 3.05) is 49.1 Å².